The van der Waals surface area contributed by atoms with Gasteiger partial charge in [0.05, 0.1) is 14.5 Å². The highest BCUT2D eigenvalue weighted by Gasteiger charge is 2.53. The number of hydrogen-bond donors (Lipinski definition) is 0. The van der Waals surface area contributed by atoms with Crippen LogP contribution in [0.5, 0.6) is 0 Å². The molecule has 4 nitrogen and oxygen atoms in total. The van der Waals surface area contributed by atoms with Gasteiger partial charge in [-0.1, -0.05) is 89.3 Å². The molecule has 0 rings (SSSR count). The zero-order chi connectivity index (χ0) is 23.6. The molecule has 0 saturated heterocycles. The molecule has 0 amide bonds. The van der Waals surface area contributed by atoms with Gasteiger partial charge in [0, 0.05) is 0 Å². The number of phosphoric acid groups is 1. The molecule has 0 aliphatic heterocycles. The molecular formula is C15H24Br9O4P. The van der Waals surface area contributed by atoms with E-state index in [2.05, 4.69) is 143 Å². The van der Waals surface area contributed by atoms with Crippen molar-refractivity contribution in [2.45, 2.75) is 66.3 Å². The van der Waals surface area contributed by atoms with E-state index in [4.69, 9.17) is 13.6 Å². The van der Waals surface area contributed by atoms with Crippen molar-refractivity contribution in [2.24, 2.45) is 17.8 Å². The van der Waals surface area contributed by atoms with Crippen LogP contribution in [0.3, 0.4) is 0 Å². The number of hydrogen-bond acceptors (Lipinski definition) is 4. The van der Waals surface area contributed by atoms with Crippen LogP contribution in [0.25, 0.3) is 0 Å². The van der Waals surface area contributed by atoms with Crippen LogP contribution in [0, 0.1) is 17.8 Å². The third kappa shape index (κ3) is 10.9. The maximum Gasteiger partial charge on any atom is 0.481 e. The number of alkyl halides is 9. The molecule has 3 unspecified atom stereocenters. The van der Waals surface area contributed by atoms with Crippen molar-refractivity contribution < 1.29 is 18.1 Å². The summed E-state index contributed by atoms with van der Waals surface area (Å²) in [6.45, 7) is 12.0. The Bertz CT molecular complexity index is 496. The summed E-state index contributed by atoms with van der Waals surface area (Å²) in [4.78, 5) is -0.777. The van der Waals surface area contributed by atoms with Gasteiger partial charge in [0.2, 0.25) is 10.3 Å². The third-order valence-corrected chi connectivity index (χ3v) is 19.2. The Hall–Kier alpha value is 4.43. The molecule has 176 valence electrons. The predicted octanol–water partition coefficient (Wildman–Crippen LogP) is 10.7. The summed E-state index contributed by atoms with van der Waals surface area (Å²) in [6.07, 6.45) is 0. The van der Waals surface area contributed by atoms with Gasteiger partial charge in [-0.15, -0.1) is 0 Å². The Balaban J connectivity index is 6.09. The Kier molecular flexibility index (Phi) is 15.1. The Morgan fingerprint density at radius 3 is 0.862 bits per heavy atom. The van der Waals surface area contributed by atoms with Gasteiger partial charge >= 0.3 is 7.82 Å². The van der Waals surface area contributed by atoms with E-state index in [1.54, 1.807) is 0 Å². The topological polar surface area (TPSA) is 44.8 Å². The maximum atomic E-state index is 13.9. The molecule has 0 N–H and O–H groups in total. The second-order valence-corrected chi connectivity index (χ2v) is 22.0. The van der Waals surface area contributed by atoms with Crippen molar-refractivity contribution in [1.82, 2.24) is 0 Å². The van der Waals surface area contributed by atoms with Crippen molar-refractivity contribution >= 4 is 151 Å². The quantitative estimate of drug-likeness (QED) is 0.144. The summed E-state index contributed by atoms with van der Waals surface area (Å²) in [7, 11) is -4.24. The first-order valence-corrected chi connectivity index (χ1v) is 17.4. The molecule has 0 aromatic heterocycles. The average molecular weight is 1020 g/mol. The SMILES string of the molecule is CC(C)C(Br)C(Br)(Br)OP(=O)(OC(Br)(Br)C(Br)C(C)C)OC(Br)(Br)C(Br)C(C)C. The fourth-order valence-electron chi connectivity index (χ4n) is 1.82. The molecule has 0 spiro atoms. The minimum Gasteiger partial charge on any atom is -0.256 e. The Labute approximate surface area is 250 Å². The van der Waals surface area contributed by atoms with Crippen LogP contribution in [-0.2, 0) is 18.1 Å². The minimum absolute atomic E-state index is 0.136. The largest absolute Gasteiger partial charge is 0.481 e. The van der Waals surface area contributed by atoms with Crippen molar-refractivity contribution in [3.63, 3.8) is 0 Å². The highest BCUT2D eigenvalue weighted by molar-refractivity contribution is 9.27. The van der Waals surface area contributed by atoms with Crippen LogP contribution in [0.1, 0.15) is 41.5 Å². The zero-order valence-electron chi connectivity index (χ0n) is 16.4. The molecule has 0 aliphatic carbocycles. The fourth-order valence-corrected chi connectivity index (χ4v) is 10.2. The molecule has 14 heteroatoms. The predicted molar refractivity (Wildman–Crippen MR) is 155 cm³/mol. The molecule has 0 heterocycles. The van der Waals surface area contributed by atoms with Gasteiger partial charge in [0.25, 0.3) is 0 Å². The minimum atomic E-state index is -4.24. The van der Waals surface area contributed by atoms with E-state index in [9.17, 15) is 4.57 Å². The van der Waals surface area contributed by atoms with E-state index in [0.29, 0.717) is 0 Å². The summed E-state index contributed by atoms with van der Waals surface area (Å²) in [6, 6.07) is 0. The smallest absolute Gasteiger partial charge is 0.256 e. The first-order valence-electron chi connectivity index (χ1n) is 8.46. The first kappa shape index (κ1) is 33.4. The maximum absolute atomic E-state index is 13.9. The van der Waals surface area contributed by atoms with E-state index >= 15 is 0 Å². The van der Waals surface area contributed by atoms with Gasteiger partial charge in [-0.05, 0) is 113 Å². The molecular weight excluding hydrogens is 994 g/mol. The highest BCUT2D eigenvalue weighted by Crippen LogP contribution is 2.66. The van der Waals surface area contributed by atoms with Crippen molar-refractivity contribution in [3.8, 4) is 0 Å². The summed E-state index contributed by atoms with van der Waals surface area (Å²) < 4.78 is 28.0. The standard InChI is InChI=1S/C15H24Br9O4P/c1-7(2)10(16)13(19,20)26-29(25,27-14(21,22)11(17)8(3)4)28-15(23,24)12(18)9(5)6/h7-12H,1-6H3. The van der Waals surface area contributed by atoms with Gasteiger partial charge in [-0.25, -0.2) is 4.57 Å². The summed E-state index contributed by atoms with van der Waals surface area (Å²) in [5, 5.41) is 0. The van der Waals surface area contributed by atoms with Crippen LogP contribution in [0.4, 0.5) is 0 Å². The summed E-state index contributed by atoms with van der Waals surface area (Å²) in [5.41, 5.74) is 0. The van der Waals surface area contributed by atoms with Crippen molar-refractivity contribution in [3.05, 3.63) is 0 Å². The lowest BCUT2D eigenvalue weighted by atomic mass is 10.1. The second-order valence-electron chi connectivity index (χ2n) is 7.34. The van der Waals surface area contributed by atoms with Crippen molar-refractivity contribution in [1.29, 1.82) is 0 Å². The summed E-state index contributed by atoms with van der Waals surface area (Å²) in [5.74, 6) is 0.408. The second kappa shape index (κ2) is 13.1. The monoisotopic (exact) mass is 1010 g/mol. The fraction of sp³-hybridized carbons (Fsp3) is 1.00. The lowest BCUT2D eigenvalue weighted by Crippen LogP contribution is -2.38. The number of rotatable bonds is 12. The average Bonchev–Trinajstić information content (AvgIpc) is 2.49. The van der Waals surface area contributed by atoms with Crippen LogP contribution < -0.4 is 0 Å². The van der Waals surface area contributed by atoms with Gasteiger partial charge < -0.3 is 0 Å². The molecule has 0 aromatic carbocycles. The molecule has 29 heavy (non-hydrogen) atoms. The molecule has 3 atom stereocenters. The van der Waals surface area contributed by atoms with E-state index in [0.717, 1.165) is 0 Å². The van der Waals surface area contributed by atoms with Gasteiger partial charge in [-0.2, -0.15) is 0 Å². The van der Waals surface area contributed by atoms with E-state index in [-0.39, 0.29) is 32.2 Å². The molecule has 0 bridgehead atoms. The van der Waals surface area contributed by atoms with Crippen LogP contribution >= 0.6 is 151 Å². The zero-order valence-corrected chi connectivity index (χ0v) is 31.6. The Morgan fingerprint density at radius 1 is 0.552 bits per heavy atom. The molecule has 0 saturated carbocycles. The summed E-state index contributed by atoms with van der Waals surface area (Å²) >= 11 is 31.5. The van der Waals surface area contributed by atoms with Gasteiger partial charge in [0.15, 0.2) is 0 Å². The lowest BCUT2D eigenvalue weighted by Gasteiger charge is -2.39. The van der Waals surface area contributed by atoms with Gasteiger partial charge in [-0.3, -0.25) is 13.6 Å². The van der Waals surface area contributed by atoms with E-state index < -0.39 is 18.1 Å². The van der Waals surface area contributed by atoms with Crippen LogP contribution in [0.2, 0.25) is 0 Å². The van der Waals surface area contributed by atoms with Crippen LogP contribution in [-0.4, -0.2) is 24.7 Å². The first-order chi connectivity index (χ1) is 12.7. The molecule has 0 radical (unpaired) electrons. The number of phosphoric ester groups is 1. The van der Waals surface area contributed by atoms with Gasteiger partial charge in [0.1, 0.15) is 0 Å². The number of halogens is 9. The Morgan fingerprint density at radius 2 is 0.724 bits per heavy atom. The van der Waals surface area contributed by atoms with E-state index in [1.165, 1.54) is 0 Å². The highest BCUT2D eigenvalue weighted by atomic mass is 79.9. The molecule has 0 aliphatic rings. The van der Waals surface area contributed by atoms with E-state index in [1.807, 2.05) is 41.5 Å². The normalized spacial score (nSPS) is 19.5. The molecule has 0 aromatic rings. The van der Waals surface area contributed by atoms with Crippen molar-refractivity contribution in [2.75, 3.05) is 0 Å². The van der Waals surface area contributed by atoms with Crippen LogP contribution in [0.15, 0.2) is 0 Å². The molecule has 0 fully saturated rings. The lowest BCUT2D eigenvalue weighted by molar-refractivity contribution is 0.0685. The third-order valence-electron chi connectivity index (χ3n) is 3.42.